The van der Waals surface area contributed by atoms with Gasteiger partial charge in [0.1, 0.15) is 0 Å². The molecule has 1 atom stereocenters. The summed E-state index contributed by atoms with van der Waals surface area (Å²) in [7, 11) is 0. The van der Waals surface area contributed by atoms with E-state index < -0.39 is 12.1 Å². The predicted octanol–water partition coefficient (Wildman–Crippen LogP) is 2.16. The quantitative estimate of drug-likeness (QED) is 0.811. The monoisotopic (exact) mass is 214 g/mol. The molecular weight excluding hydrogens is 204 g/mol. The van der Waals surface area contributed by atoms with E-state index in [-0.39, 0.29) is 6.42 Å². The van der Waals surface area contributed by atoms with E-state index in [4.69, 9.17) is 16.7 Å². The van der Waals surface area contributed by atoms with Gasteiger partial charge in [-0.25, -0.2) is 0 Å². The molecule has 14 heavy (non-hydrogen) atoms. The van der Waals surface area contributed by atoms with Gasteiger partial charge in [-0.3, -0.25) is 4.79 Å². The Kier molecular flexibility index (Phi) is 3.49. The third kappa shape index (κ3) is 2.47. The number of halogens is 1. The van der Waals surface area contributed by atoms with Crippen LogP contribution in [0.2, 0.25) is 5.02 Å². The minimum atomic E-state index is -1.04. The molecule has 0 aliphatic heterocycles. The van der Waals surface area contributed by atoms with Crippen molar-refractivity contribution < 1.29 is 15.0 Å². The van der Waals surface area contributed by atoms with Gasteiger partial charge in [-0.1, -0.05) is 23.7 Å². The summed E-state index contributed by atoms with van der Waals surface area (Å²) in [5, 5.41) is 18.5. The van der Waals surface area contributed by atoms with E-state index >= 15 is 0 Å². The lowest BCUT2D eigenvalue weighted by molar-refractivity contribution is -0.139. The molecule has 0 aliphatic carbocycles. The number of carboxylic acid groups (broad SMARTS) is 1. The Balaban J connectivity index is 2.99. The SMILES string of the molecule is Cc1cccc(Cl)c1[C@@H](O)CC(=O)O. The van der Waals surface area contributed by atoms with Crippen molar-refractivity contribution in [2.45, 2.75) is 19.4 Å². The molecule has 0 saturated carbocycles. The molecule has 0 aromatic heterocycles. The van der Waals surface area contributed by atoms with Crippen molar-refractivity contribution in [3.63, 3.8) is 0 Å². The van der Waals surface area contributed by atoms with Crippen LogP contribution >= 0.6 is 11.6 Å². The smallest absolute Gasteiger partial charge is 0.306 e. The van der Waals surface area contributed by atoms with Crippen LogP contribution in [0.3, 0.4) is 0 Å². The molecule has 0 unspecified atom stereocenters. The fraction of sp³-hybridized carbons (Fsp3) is 0.300. The zero-order chi connectivity index (χ0) is 10.7. The summed E-state index contributed by atoms with van der Waals surface area (Å²) in [4.78, 5) is 10.4. The van der Waals surface area contributed by atoms with Gasteiger partial charge in [0.05, 0.1) is 12.5 Å². The maximum Gasteiger partial charge on any atom is 0.306 e. The standard InChI is InChI=1S/C10H11ClO3/c1-6-3-2-4-7(11)10(6)8(12)5-9(13)14/h2-4,8,12H,5H2,1H3,(H,13,14)/t8-/m0/s1. The van der Waals surface area contributed by atoms with E-state index in [1.54, 1.807) is 25.1 Å². The summed E-state index contributed by atoms with van der Waals surface area (Å²) in [5.74, 6) is -1.04. The molecule has 0 fully saturated rings. The average molecular weight is 215 g/mol. The first-order valence-corrected chi connectivity index (χ1v) is 4.55. The summed E-state index contributed by atoms with van der Waals surface area (Å²) < 4.78 is 0. The number of carboxylic acids is 1. The van der Waals surface area contributed by atoms with Gasteiger partial charge in [0.15, 0.2) is 0 Å². The average Bonchev–Trinajstić information content (AvgIpc) is 2.01. The molecule has 1 aromatic rings. The Morgan fingerprint density at radius 3 is 2.71 bits per heavy atom. The molecular formula is C10H11ClO3. The van der Waals surface area contributed by atoms with Crippen molar-refractivity contribution in [2.75, 3.05) is 0 Å². The van der Waals surface area contributed by atoms with E-state index in [0.717, 1.165) is 5.56 Å². The highest BCUT2D eigenvalue weighted by atomic mass is 35.5. The lowest BCUT2D eigenvalue weighted by Crippen LogP contribution is -2.07. The summed E-state index contributed by atoms with van der Waals surface area (Å²) in [6.07, 6.45) is -1.37. The first-order valence-electron chi connectivity index (χ1n) is 4.17. The van der Waals surface area contributed by atoms with Gasteiger partial charge in [0.2, 0.25) is 0 Å². The highest BCUT2D eigenvalue weighted by Crippen LogP contribution is 2.28. The molecule has 3 nitrogen and oxygen atoms in total. The number of hydrogen-bond donors (Lipinski definition) is 2. The Morgan fingerprint density at radius 1 is 1.57 bits per heavy atom. The van der Waals surface area contributed by atoms with Crippen LogP contribution in [-0.2, 0) is 4.79 Å². The number of benzene rings is 1. The number of rotatable bonds is 3. The molecule has 0 aliphatic rings. The highest BCUT2D eigenvalue weighted by Gasteiger charge is 2.16. The van der Waals surface area contributed by atoms with Gasteiger partial charge in [0.25, 0.3) is 0 Å². The second-order valence-corrected chi connectivity index (χ2v) is 3.49. The van der Waals surface area contributed by atoms with Crippen LogP contribution in [0.25, 0.3) is 0 Å². The first kappa shape index (κ1) is 11.0. The number of aliphatic hydroxyl groups is 1. The molecule has 2 N–H and O–H groups in total. The van der Waals surface area contributed by atoms with Gasteiger partial charge < -0.3 is 10.2 Å². The maximum atomic E-state index is 10.4. The topological polar surface area (TPSA) is 57.5 Å². The Labute approximate surface area is 86.9 Å². The van der Waals surface area contributed by atoms with Gasteiger partial charge >= 0.3 is 5.97 Å². The third-order valence-electron chi connectivity index (χ3n) is 1.97. The fourth-order valence-electron chi connectivity index (χ4n) is 1.33. The summed E-state index contributed by atoms with van der Waals surface area (Å²) in [6, 6.07) is 5.18. The molecule has 1 rings (SSSR count). The molecule has 0 amide bonds. The van der Waals surface area contributed by atoms with Crippen LogP contribution in [0.5, 0.6) is 0 Å². The van der Waals surface area contributed by atoms with Crippen LogP contribution in [0.4, 0.5) is 0 Å². The van der Waals surface area contributed by atoms with Gasteiger partial charge in [-0.05, 0) is 18.6 Å². The molecule has 4 heteroatoms. The zero-order valence-corrected chi connectivity index (χ0v) is 8.45. The molecule has 0 spiro atoms. The van der Waals surface area contributed by atoms with Crippen LogP contribution in [0, 0.1) is 6.92 Å². The molecule has 1 aromatic carbocycles. The molecule has 76 valence electrons. The summed E-state index contributed by atoms with van der Waals surface area (Å²) >= 11 is 5.85. The van der Waals surface area contributed by atoms with Crippen molar-refractivity contribution >= 4 is 17.6 Å². The lowest BCUT2D eigenvalue weighted by atomic mass is 10.0. The van der Waals surface area contributed by atoms with Crippen LogP contribution in [0.15, 0.2) is 18.2 Å². The van der Waals surface area contributed by atoms with Crippen molar-refractivity contribution in [3.05, 3.63) is 34.3 Å². The molecule has 0 saturated heterocycles. The summed E-state index contributed by atoms with van der Waals surface area (Å²) in [5.41, 5.74) is 1.29. The van der Waals surface area contributed by atoms with E-state index in [1.807, 2.05) is 0 Å². The minimum Gasteiger partial charge on any atom is -0.481 e. The number of aliphatic carboxylic acids is 1. The van der Waals surface area contributed by atoms with Gasteiger partial charge in [-0.2, -0.15) is 0 Å². The Hall–Kier alpha value is -1.06. The minimum absolute atomic E-state index is 0.329. The third-order valence-corrected chi connectivity index (χ3v) is 2.30. The van der Waals surface area contributed by atoms with Gasteiger partial charge in [-0.15, -0.1) is 0 Å². The van der Waals surface area contributed by atoms with Crippen molar-refractivity contribution in [1.82, 2.24) is 0 Å². The number of carbonyl (C=O) groups is 1. The maximum absolute atomic E-state index is 10.4. The highest BCUT2D eigenvalue weighted by molar-refractivity contribution is 6.31. The first-order chi connectivity index (χ1) is 6.52. The molecule has 0 radical (unpaired) electrons. The Bertz CT molecular complexity index is 329. The van der Waals surface area contributed by atoms with Crippen LogP contribution in [0.1, 0.15) is 23.7 Å². The number of aliphatic hydroxyl groups excluding tert-OH is 1. The fourth-order valence-corrected chi connectivity index (χ4v) is 1.68. The van der Waals surface area contributed by atoms with E-state index in [1.165, 1.54) is 0 Å². The largest absolute Gasteiger partial charge is 0.481 e. The number of aryl methyl sites for hydroxylation is 1. The van der Waals surface area contributed by atoms with Crippen LogP contribution in [-0.4, -0.2) is 16.2 Å². The van der Waals surface area contributed by atoms with Crippen molar-refractivity contribution in [1.29, 1.82) is 0 Å². The molecule has 0 heterocycles. The Morgan fingerprint density at radius 2 is 2.21 bits per heavy atom. The normalized spacial score (nSPS) is 12.5. The van der Waals surface area contributed by atoms with Crippen molar-refractivity contribution in [2.24, 2.45) is 0 Å². The van der Waals surface area contributed by atoms with E-state index in [2.05, 4.69) is 0 Å². The van der Waals surface area contributed by atoms with E-state index in [9.17, 15) is 9.90 Å². The second kappa shape index (κ2) is 4.44. The predicted molar refractivity (Wildman–Crippen MR) is 53.4 cm³/mol. The van der Waals surface area contributed by atoms with Crippen molar-refractivity contribution in [3.8, 4) is 0 Å². The summed E-state index contributed by atoms with van der Waals surface area (Å²) in [6.45, 7) is 1.78. The lowest BCUT2D eigenvalue weighted by Gasteiger charge is -2.13. The second-order valence-electron chi connectivity index (χ2n) is 3.08. The van der Waals surface area contributed by atoms with Gasteiger partial charge in [0, 0.05) is 10.6 Å². The van der Waals surface area contributed by atoms with E-state index in [0.29, 0.717) is 10.6 Å². The zero-order valence-electron chi connectivity index (χ0n) is 7.70. The number of hydrogen-bond acceptors (Lipinski definition) is 2. The van der Waals surface area contributed by atoms with Crippen LogP contribution < -0.4 is 0 Å². The molecule has 0 bridgehead atoms.